The maximum atomic E-state index is 9.33. The molecular weight excluding hydrogens is 569 g/mol. The Kier molecular flexibility index (Phi) is 9.76. The number of rotatable bonds is 10. The number of nitriles is 2. The van der Waals surface area contributed by atoms with Gasteiger partial charge < -0.3 is 0 Å². The highest BCUT2D eigenvalue weighted by molar-refractivity contribution is 7.33. The summed E-state index contributed by atoms with van der Waals surface area (Å²) in [7, 11) is 0. The van der Waals surface area contributed by atoms with Crippen LogP contribution in [0.15, 0.2) is 35.7 Å². The van der Waals surface area contributed by atoms with Crippen molar-refractivity contribution < 1.29 is 0 Å². The average molecular weight is 597 g/mol. The van der Waals surface area contributed by atoms with Crippen LogP contribution in [0.1, 0.15) is 86.1 Å². The van der Waals surface area contributed by atoms with Gasteiger partial charge in [0, 0.05) is 38.7 Å². The van der Waals surface area contributed by atoms with Gasteiger partial charge >= 0.3 is 0 Å². The second-order valence-corrected chi connectivity index (χ2v) is 13.7. The molecule has 0 radical (unpaired) electrons. The smallest absolute Gasteiger partial charge is 0.227 e. The number of allylic oxidation sites excluding steroid dienone is 2. The summed E-state index contributed by atoms with van der Waals surface area (Å²) in [5.74, 6) is 0.788. The first-order chi connectivity index (χ1) is 19.4. The molecule has 4 aromatic rings. The van der Waals surface area contributed by atoms with Gasteiger partial charge in [-0.15, -0.1) is 45.3 Å². The van der Waals surface area contributed by atoms with Crippen LogP contribution >= 0.6 is 45.3 Å². The third-order valence-corrected chi connectivity index (χ3v) is 12.0. The highest BCUT2D eigenvalue weighted by Crippen LogP contribution is 2.48. The van der Waals surface area contributed by atoms with Crippen molar-refractivity contribution in [1.29, 1.82) is 10.5 Å². The summed E-state index contributed by atoms with van der Waals surface area (Å²) in [5, 5.41) is 18.7. The Labute approximate surface area is 252 Å². The minimum Gasteiger partial charge on any atom is -0.227 e. The Morgan fingerprint density at radius 3 is 1.32 bits per heavy atom. The lowest BCUT2D eigenvalue weighted by atomic mass is 9.94. The molecule has 200 valence electrons. The van der Waals surface area contributed by atoms with E-state index >= 15 is 0 Å². The number of thiophene rings is 4. The van der Waals surface area contributed by atoms with E-state index in [2.05, 4.69) is 61.7 Å². The zero-order valence-electron chi connectivity index (χ0n) is 22.9. The number of fused-ring (bicyclic) bond motifs is 1. The van der Waals surface area contributed by atoms with Crippen LogP contribution < -0.4 is 0 Å². The Morgan fingerprint density at radius 1 is 0.675 bits per heavy atom. The molecule has 0 saturated heterocycles. The molecule has 4 nitrogen and oxygen atoms in total. The highest BCUT2D eigenvalue weighted by Gasteiger charge is 2.20. The molecule has 0 saturated carbocycles. The fourth-order valence-corrected chi connectivity index (χ4v) is 9.82. The van der Waals surface area contributed by atoms with E-state index in [0.717, 1.165) is 35.4 Å². The molecule has 0 bridgehead atoms. The van der Waals surface area contributed by atoms with E-state index in [0.29, 0.717) is 11.8 Å². The largest absolute Gasteiger partial charge is 0.263 e. The molecule has 0 aliphatic carbocycles. The van der Waals surface area contributed by atoms with Gasteiger partial charge in [0.05, 0.1) is 25.3 Å². The summed E-state index contributed by atoms with van der Waals surface area (Å²) < 4.78 is 2.47. The zero-order valence-corrected chi connectivity index (χ0v) is 26.1. The maximum absolute atomic E-state index is 9.33. The van der Waals surface area contributed by atoms with E-state index < -0.39 is 0 Å². The van der Waals surface area contributed by atoms with Crippen molar-refractivity contribution in [2.24, 2.45) is 0 Å². The van der Waals surface area contributed by atoms with Crippen LogP contribution in [0.5, 0.6) is 0 Å². The van der Waals surface area contributed by atoms with E-state index in [9.17, 15) is 10.5 Å². The first-order valence-corrected chi connectivity index (χ1v) is 16.5. The van der Waals surface area contributed by atoms with Crippen molar-refractivity contribution in [2.45, 2.75) is 65.2 Å². The van der Waals surface area contributed by atoms with Crippen molar-refractivity contribution in [2.75, 3.05) is 0 Å². The lowest BCUT2D eigenvalue weighted by Crippen LogP contribution is -1.95. The Bertz CT molecular complexity index is 1560. The SMILES string of the molecule is [C-]#[N+]/C(C#N)=C\c1sc(-c2cc3sc(-c4cc(C(CC)CC)c(/C=C(\C#N)[N+]#[C-])s4)cc3s2)cc1C(CC)CC. The normalized spacial score (nSPS) is 12.1. The molecule has 40 heavy (non-hydrogen) atoms. The molecule has 0 aromatic carbocycles. The Balaban J connectivity index is 1.75. The predicted octanol–water partition coefficient (Wildman–Crippen LogP) is 11.8. The summed E-state index contributed by atoms with van der Waals surface area (Å²) >= 11 is 6.87. The summed E-state index contributed by atoms with van der Waals surface area (Å²) in [6.07, 6.45) is 7.54. The highest BCUT2D eigenvalue weighted by atomic mass is 32.1. The molecule has 4 heterocycles. The quantitative estimate of drug-likeness (QED) is 0.135. The molecule has 4 aromatic heterocycles. The lowest BCUT2D eigenvalue weighted by Gasteiger charge is -2.11. The second kappa shape index (κ2) is 13.2. The first-order valence-electron chi connectivity index (χ1n) is 13.2. The van der Waals surface area contributed by atoms with Gasteiger partial charge in [-0.2, -0.15) is 0 Å². The zero-order chi connectivity index (χ0) is 28.8. The van der Waals surface area contributed by atoms with Crippen molar-refractivity contribution in [3.63, 3.8) is 0 Å². The van der Waals surface area contributed by atoms with Crippen molar-refractivity contribution in [1.82, 2.24) is 0 Å². The Morgan fingerprint density at radius 2 is 1.02 bits per heavy atom. The predicted molar refractivity (Wildman–Crippen MR) is 173 cm³/mol. The molecule has 0 N–H and O–H groups in total. The summed E-state index contributed by atoms with van der Waals surface area (Å²) in [6.45, 7) is 23.4. The molecule has 0 atom stereocenters. The fraction of sp³-hybridized carbons (Fsp3) is 0.312. The minimum absolute atomic E-state index is 0.119. The number of nitrogens with zero attached hydrogens (tertiary/aromatic N) is 4. The molecule has 8 heteroatoms. The van der Waals surface area contributed by atoms with Gasteiger partial charge in [0.2, 0.25) is 0 Å². The molecule has 0 fully saturated rings. The van der Waals surface area contributed by atoms with Gasteiger partial charge in [-0.1, -0.05) is 27.7 Å². The fourth-order valence-electron chi connectivity index (χ4n) is 4.91. The Hall–Kier alpha value is -3.50. The summed E-state index contributed by atoms with van der Waals surface area (Å²) in [5.41, 5.74) is 2.69. The van der Waals surface area contributed by atoms with Crippen LogP contribution in [0.25, 0.3) is 50.8 Å². The van der Waals surface area contributed by atoms with Gasteiger partial charge in [-0.05, 0) is 85.1 Å². The lowest BCUT2D eigenvalue weighted by molar-refractivity contribution is 0.643. The van der Waals surface area contributed by atoms with Crippen LogP contribution in [0.4, 0.5) is 0 Å². The third-order valence-electron chi connectivity index (χ3n) is 7.13. The van der Waals surface area contributed by atoms with Gasteiger partial charge in [0.25, 0.3) is 11.4 Å². The standard InChI is InChI=1S/C32H28N4S4/c1-7-19(8-2)23-13-27(37-25(23)11-21(17-33)35-5)29-15-31-32(39-29)16-30(40-31)28-14-24(20(9-3)10-4)26(38-28)12-22(18-34)36-6/h11-16,19-20H,7-10H2,1-4H3/b21-11-,22-12+. The molecule has 4 rings (SSSR count). The van der Waals surface area contributed by atoms with Gasteiger partial charge in [0.1, 0.15) is 0 Å². The summed E-state index contributed by atoms with van der Waals surface area (Å²) in [6, 6.07) is 13.1. The van der Waals surface area contributed by atoms with Crippen LogP contribution in [-0.2, 0) is 0 Å². The number of hydrogen-bond donors (Lipinski definition) is 0. The van der Waals surface area contributed by atoms with E-state index in [1.54, 1.807) is 57.5 Å². The third kappa shape index (κ3) is 5.97. The molecule has 0 unspecified atom stereocenters. The minimum atomic E-state index is 0.119. The molecule has 0 aliphatic rings. The van der Waals surface area contributed by atoms with Crippen molar-refractivity contribution >= 4 is 66.9 Å². The monoisotopic (exact) mass is 596 g/mol. The van der Waals surface area contributed by atoms with E-state index in [1.807, 2.05) is 12.1 Å². The van der Waals surface area contributed by atoms with Gasteiger partial charge in [-0.3, -0.25) is 0 Å². The second-order valence-electron chi connectivity index (χ2n) is 9.34. The van der Waals surface area contributed by atoms with Crippen LogP contribution in [0.2, 0.25) is 0 Å². The van der Waals surface area contributed by atoms with Gasteiger partial charge in [-0.25, -0.2) is 20.2 Å². The van der Waals surface area contributed by atoms with Crippen LogP contribution in [-0.4, -0.2) is 0 Å². The average Bonchev–Trinajstić information content (AvgIpc) is 3.74. The summed E-state index contributed by atoms with van der Waals surface area (Å²) in [4.78, 5) is 13.5. The van der Waals surface area contributed by atoms with Crippen molar-refractivity contribution in [3.8, 4) is 31.6 Å². The topological polar surface area (TPSA) is 56.3 Å². The van der Waals surface area contributed by atoms with Crippen molar-refractivity contribution in [3.05, 3.63) is 79.4 Å². The first kappa shape index (κ1) is 29.5. The molecular formula is C32H28N4S4. The van der Waals surface area contributed by atoms with E-state index in [4.69, 9.17) is 13.1 Å². The molecule has 0 amide bonds. The molecule has 0 aliphatic heterocycles. The van der Waals surface area contributed by atoms with Gasteiger partial charge in [0.15, 0.2) is 0 Å². The van der Waals surface area contributed by atoms with Crippen LogP contribution in [0.3, 0.4) is 0 Å². The molecule has 0 spiro atoms. The maximum Gasteiger partial charge on any atom is 0.263 e. The van der Waals surface area contributed by atoms with E-state index in [-0.39, 0.29) is 11.4 Å². The van der Waals surface area contributed by atoms with E-state index in [1.165, 1.54) is 40.0 Å². The van der Waals surface area contributed by atoms with Crippen LogP contribution in [0, 0.1) is 35.8 Å². The number of hydrogen-bond acceptors (Lipinski definition) is 6.